The van der Waals surface area contributed by atoms with Gasteiger partial charge in [-0.2, -0.15) is 0 Å². The van der Waals surface area contributed by atoms with E-state index in [4.69, 9.17) is 11.6 Å². The number of rotatable bonds is 5. The summed E-state index contributed by atoms with van der Waals surface area (Å²) in [7, 11) is 0. The molecule has 0 aliphatic rings. The second-order valence-corrected chi connectivity index (χ2v) is 4.68. The molecular weight excluding hydrogens is 292 g/mol. The minimum absolute atomic E-state index is 0.0518. The molecule has 2 aromatic carbocycles. The standard InChI is InChI=1S/C15H13ClN2O3/c16-9-11-4-3-5-12(8-11)10-17-15(19)13-6-1-2-7-14(13)18(20)21/h1-8H,9-10H2,(H,17,19). The lowest BCUT2D eigenvalue weighted by molar-refractivity contribution is -0.385. The molecular formula is C15H13ClN2O3. The lowest BCUT2D eigenvalue weighted by atomic mass is 10.1. The Labute approximate surface area is 126 Å². The van der Waals surface area contributed by atoms with Crippen LogP contribution in [0.5, 0.6) is 0 Å². The Balaban J connectivity index is 2.10. The Hall–Kier alpha value is -2.40. The summed E-state index contributed by atoms with van der Waals surface area (Å²) in [6, 6.07) is 13.3. The van der Waals surface area contributed by atoms with E-state index in [0.29, 0.717) is 5.88 Å². The maximum atomic E-state index is 12.1. The number of carbonyl (C=O) groups is 1. The lowest BCUT2D eigenvalue weighted by Crippen LogP contribution is -2.23. The van der Waals surface area contributed by atoms with Crippen LogP contribution in [0, 0.1) is 10.1 Å². The van der Waals surface area contributed by atoms with Crippen molar-refractivity contribution >= 4 is 23.2 Å². The van der Waals surface area contributed by atoms with Crippen molar-refractivity contribution in [3.8, 4) is 0 Å². The van der Waals surface area contributed by atoms with Gasteiger partial charge in [0.15, 0.2) is 0 Å². The van der Waals surface area contributed by atoms with Crippen LogP contribution in [-0.4, -0.2) is 10.8 Å². The SMILES string of the molecule is O=C(NCc1cccc(CCl)c1)c1ccccc1[N+](=O)[O-]. The third-order valence-electron chi connectivity index (χ3n) is 2.94. The third kappa shape index (κ3) is 3.79. The van der Waals surface area contributed by atoms with Gasteiger partial charge in [0.2, 0.25) is 0 Å². The summed E-state index contributed by atoms with van der Waals surface area (Å²) in [6.45, 7) is 0.287. The highest BCUT2D eigenvalue weighted by atomic mass is 35.5. The molecule has 1 amide bonds. The van der Waals surface area contributed by atoms with E-state index in [1.807, 2.05) is 24.3 Å². The first-order valence-electron chi connectivity index (χ1n) is 6.27. The van der Waals surface area contributed by atoms with Crippen LogP contribution in [0.2, 0.25) is 0 Å². The lowest BCUT2D eigenvalue weighted by Gasteiger charge is -2.07. The van der Waals surface area contributed by atoms with Crippen LogP contribution >= 0.6 is 11.6 Å². The highest BCUT2D eigenvalue weighted by molar-refractivity contribution is 6.17. The van der Waals surface area contributed by atoms with Crippen LogP contribution in [-0.2, 0) is 12.4 Å². The molecule has 0 spiro atoms. The van der Waals surface area contributed by atoms with Gasteiger partial charge in [-0.3, -0.25) is 14.9 Å². The van der Waals surface area contributed by atoms with Gasteiger partial charge in [-0.1, -0.05) is 36.4 Å². The number of amides is 1. The normalized spacial score (nSPS) is 10.1. The zero-order chi connectivity index (χ0) is 15.2. The molecule has 2 aromatic rings. The van der Waals surface area contributed by atoms with Crippen molar-refractivity contribution in [2.45, 2.75) is 12.4 Å². The van der Waals surface area contributed by atoms with E-state index in [2.05, 4.69) is 5.32 Å². The van der Waals surface area contributed by atoms with Crippen LogP contribution in [0.1, 0.15) is 21.5 Å². The number of nitro groups is 1. The van der Waals surface area contributed by atoms with E-state index < -0.39 is 10.8 Å². The van der Waals surface area contributed by atoms with Crippen molar-refractivity contribution < 1.29 is 9.72 Å². The summed E-state index contributed by atoms with van der Waals surface area (Å²) < 4.78 is 0. The van der Waals surface area contributed by atoms with Crippen molar-refractivity contribution in [2.75, 3.05) is 0 Å². The number of nitro benzene ring substituents is 1. The fraction of sp³-hybridized carbons (Fsp3) is 0.133. The number of carbonyl (C=O) groups excluding carboxylic acids is 1. The fourth-order valence-corrected chi connectivity index (χ4v) is 2.09. The van der Waals surface area contributed by atoms with Gasteiger partial charge < -0.3 is 5.32 Å². The molecule has 2 rings (SSSR count). The number of para-hydroxylation sites is 1. The summed E-state index contributed by atoms with van der Waals surface area (Å²) in [4.78, 5) is 22.4. The van der Waals surface area contributed by atoms with E-state index in [-0.39, 0.29) is 17.8 Å². The van der Waals surface area contributed by atoms with Crippen LogP contribution in [0.15, 0.2) is 48.5 Å². The first kappa shape index (κ1) is 15.0. The first-order valence-corrected chi connectivity index (χ1v) is 6.80. The second-order valence-electron chi connectivity index (χ2n) is 4.41. The number of benzene rings is 2. The van der Waals surface area contributed by atoms with Gasteiger partial charge in [-0.05, 0) is 17.2 Å². The molecule has 5 nitrogen and oxygen atoms in total. The van der Waals surface area contributed by atoms with Gasteiger partial charge in [0.05, 0.1) is 4.92 Å². The molecule has 21 heavy (non-hydrogen) atoms. The first-order chi connectivity index (χ1) is 10.1. The van der Waals surface area contributed by atoms with Crippen LogP contribution in [0.4, 0.5) is 5.69 Å². The van der Waals surface area contributed by atoms with Gasteiger partial charge in [-0.15, -0.1) is 11.6 Å². The third-order valence-corrected chi connectivity index (χ3v) is 3.25. The highest BCUT2D eigenvalue weighted by Crippen LogP contribution is 2.17. The van der Waals surface area contributed by atoms with E-state index in [9.17, 15) is 14.9 Å². The van der Waals surface area contributed by atoms with E-state index in [1.54, 1.807) is 6.07 Å². The fourth-order valence-electron chi connectivity index (χ4n) is 1.93. The Morgan fingerprint density at radius 1 is 1.14 bits per heavy atom. The number of nitrogens with zero attached hydrogens (tertiary/aromatic N) is 1. The monoisotopic (exact) mass is 304 g/mol. The molecule has 0 saturated heterocycles. The van der Waals surface area contributed by atoms with Crippen molar-refractivity contribution in [3.05, 3.63) is 75.3 Å². The number of hydrogen-bond acceptors (Lipinski definition) is 3. The molecule has 0 bridgehead atoms. The Morgan fingerprint density at radius 2 is 1.86 bits per heavy atom. The van der Waals surface area contributed by atoms with Crippen molar-refractivity contribution in [1.29, 1.82) is 0 Å². The molecule has 0 aromatic heterocycles. The van der Waals surface area contributed by atoms with E-state index in [1.165, 1.54) is 18.2 Å². The van der Waals surface area contributed by atoms with Gasteiger partial charge >= 0.3 is 0 Å². The smallest absolute Gasteiger partial charge is 0.282 e. The average Bonchev–Trinajstić information content (AvgIpc) is 2.52. The summed E-state index contributed by atoms with van der Waals surface area (Å²) in [6.07, 6.45) is 0. The summed E-state index contributed by atoms with van der Waals surface area (Å²) in [5.41, 5.74) is 1.69. The van der Waals surface area contributed by atoms with Gasteiger partial charge in [0.25, 0.3) is 11.6 Å². The van der Waals surface area contributed by atoms with Crippen molar-refractivity contribution in [1.82, 2.24) is 5.32 Å². The van der Waals surface area contributed by atoms with Gasteiger partial charge in [0, 0.05) is 18.5 Å². The maximum Gasteiger partial charge on any atom is 0.282 e. The molecule has 0 unspecified atom stereocenters. The molecule has 0 saturated carbocycles. The molecule has 0 aliphatic heterocycles. The quantitative estimate of drug-likeness (QED) is 0.523. The van der Waals surface area contributed by atoms with Crippen molar-refractivity contribution in [2.24, 2.45) is 0 Å². The van der Waals surface area contributed by atoms with Crippen LogP contribution in [0.25, 0.3) is 0 Å². The van der Waals surface area contributed by atoms with Gasteiger partial charge in [-0.25, -0.2) is 0 Å². The zero-order valence-electron chi connectivity index (χ0n) is 11.1. The highest BCUT2D eigenvalue weighted by Gasteiger charge is 2.18. The summed E-state index contributed by atoms with van der Waals surface area (Å²) >= 11 is 5.75. The molecule has 0 radical (unpaired) electrons. The second kappa shape index (κ2) is 6.85. The number of hydrogen-bond donors (Lipinski definition) is 1. The van der Waals surface area contributed by atoms with Crippen molar-refractivity contribution in [3.63, 3.8) is 0 Å². The largest absolute Gasteiger partial charge is 0.348 e. The number of alkyl halides is 1. The minimum atomic E-state index is -0.566. The Bertz CT molecular complexity index is 673. The minimum Gasteiger partial charge on any atom is -0.348 e. The number of nitrogens with one attached hydrogen (secondary N) is 1. The number of halogens is 1. The van der Waals surface area contributed by atoms with Crippen LogP contribution < -0.4 is 5.32 Å². The predicted octanol–water partition coefficient (Wildman–Crippen LogP) is 3.26. The molecule has 108 valence electrons. The summed E-state index contributed by atoms with van der Waals surface area (Å²) in [5, 5.41) is 13.6. The average molecular weight is 305 g/mol. The van der Waals surface area contributed by atoms with E-state index >= 15 is 0 Å². The maximum absolute atomic E-state index is 12.1. The molecule has 6 heteroatoms. The Kier molecular flexibility index (Phi) is 4.90. The van der Waals surface area contributed by atoms with Gasteiger partial charge in [0.1, 0.15) is 5.56 Å². The molecule has 1 N–H and O–H groups in total. The zero-order valence-corrected chi connectivity index (χ0v) is 11.8. The van der Waals surface area contributed by atoms with E-state index in [0.717, 1.165) is 11.1 Å². The molecule has 0 aliphatic carbocycles. The molecule has 0 fully saturated rings. The predicted molar refractivity (Wildman–Crippen MR) is 80.3 cm³/mol. The topological polar surface area (TPSA) is 72.2 Å². The molecule has 0 heterocycles. The Morgan fingerprint density at radius 3 is 2.57 bits per heavy atom. The van der Waals surface area contributed by atoms with Crippen LogP contribution in [0.3, 0.4) is 0 Å². The summed E-state index contributed by atoms with van der Waals surface area (Å²) in [5.74, 6) is -0.0788. The molecule has 0 atom stereocenters.